The molecule has 0 bridgehead atoms. The smallest absolute Gasteiger partial charge is 0.0921 e. The minimum absolute atomic E-state index is 0.362. The van der Waals surface area contributed by atoms with Crippen molar-refractivity contribution in [3.05, 3.63) is 18.2 Å². The molecule has 0 aliphatic heterocycles. The van der Waals surface area contributed by atoms with Crippen molar-refractivity contribution in [3.63, 3.8) is 0 Å². The number of imidazole rings is 1. The summed E-state index contributed by atoms with van der Waals surface area (Å²) in [6.45, 7) is 5.29. The highest BCUT2D eigenvalue weighted by Crippen LogP contribution is 2.63. The van der Waals surface area contributed by atoms with Gasteiger partial charge in [-0.3, -0.25) is 0 Å². The minimum Gasteiger partial charge on any atom is -0.348 e. The van der Waals surface area contributed by atoms with Crippen LogP contribution in [-0.2, 0) is 0 Å². The average Bonchev–Trinajstić information content (AvgIpc) is 2.50. The topological polar surface area (TPSA) is 54.7 Å². The third-order valence-electron chi connectivity index (χ3n) is 3.16. The van der Waals surface area contributed by atoms with E-state index in [4.69, 9.17) is 5.73 Å². The van der Waals surface area contributed by atoms with Gasteiger partial charge in [-0.15, -0.1) is 0 Å². The van der Waals surface area contributed by atoms with E-state index in [0.717, 1.165) is 6.54 Å². The summed E-state index contributed by atoms with van der Waals surface area (Å²) in [4.78, 5) is 7.17. The van der Waals surface area contributed by atoms with Crippen LogP contribution < -0.4 is 5.73 Å². The average molecular weight is 165 g/mol. The van der Waals surface area contributed by atoms with E-state index < -0.39 is 0 Å². The Labute approximate surface area is 72.4 Å². The van der Waals surface area contributed by atoms with E-state index in [9.17, 15) is 0 Å². The number of aromatic nitrogens is 2. The van der Waals surface area contributed by atoms with Gasteiger partial charge in [0.05, 0.1) is 6.33 Å². The molecule has 0 amide bonds. The SMILES string of the molecule is CC1(C)C(CN)C1c1cnc[nH]1. The molecule has 2 unspecified atom stereocenters. The molecule has 2 rings (SSSR count). The van der Waals surface area contributed by atoms with Gasteiger partial charge in [-0.2, -0.15) is 0 Å². The lowest BCUT2D eigenvalue weighted by Gasteiger charge is -1.98. The predicted molar refractivity (Wildman–Crippen MR) is 47.7 cm³/mol. The van der Waals surface area contributed by atoms with Crippen molar-refractivity contribution in [2.75, 3.05) is 6.54 Å². The van der Waals surface area contributed by atoms with E-state index in [1.807, 2.05) is 6.20 Å². The molecule has 0 spiro atoms. The second-order valence-corrected chi connectivity index (χ2v) is 4.15. The molecule has 0 radical (unpaired) electrons. The van der Waals surface area contributed by atoms with Gasteiger partial charge in [0.1, 0.15) is 0 Å². The van der Waals surface area contributed by atoms with Gasteiger partial charge in [-0.25, -0.2) is 4.98 Å². The maximum Gasteiger partial charge on any atom is 0.0921 e. The molecule has 1 saturated carbocycles. The van der Waals surface area contributed by atoms with E-state index in [2.05, 4.69) is 23.8 Å². The Bertz CT molecular complexity index is 263. The molecule has 1 aromatic heterocycles. The van der Waals surface area contributed by atoms with Gasteiger partial charge in [0.2, 0.25) is 0 Å². The molecular weight excluding hydrogens is 150 g/mol. The van der Waals surface area contributed by atoms with Crippen LogP contribution in [-0.4, -0.2) is 16.5 Å². The zero-order valence-electron chi connectivity index (χ0n) is 7.54. The molecule has 12 heavy (non-hydrogen) atoms. The van der Waals surface area contributed by atoms with Crippen molar-refractivity contribution in [1.82, 2.24) is 9.97 Å². The Balaban J connectivity index is 2.19. The normalized spacial score (nSPS) is 31.9. The van der Waals surface area contributed by atoms with Crippen molar-refractivity contribution in [2.45, 2.75) is 19.8 Å². The Hall–Kier alpha value is -0.830. The first-order valence-electron chi connectivity index (χ1n) is 4.36. The summed E-state index contributed by atoms with van der Waals surface area (Å²) >= 11 is 0. The molecule has 1 fully saturated rings. The lowest BCUT2D eigenvalue weighted by atomic mass is 10.1. The van der Waals surface area contributed by atoms with Crippen LogP contribution in [0.3, 0.4) is 0 Å². The highest BCUT2D eigenvalue weighted by Gasteiger charge is 2.57. The van der Waals surface area contributed by atoms with Gasteiger partial charge < -0.3 is 10.7 Å². The number of H-pyrrole nitrogens is 1. The van der Waals surface area contributed by atoms with Crippen LogP contribution in [0.15, 0.2) is 12.5 Å². The molecule has 1 aliphatic rings. The molecule has 2 atom stereocenters. The van der Waals surface area contributed by atoms with Crippen LogP contribution in [0.25, 0.3) is 0 Å². The lowest BCUT2D eigenvalue weighted by Crippen LogP contribution is -2.05. The summed E-state index contributed by atoms with van der Waals surface area (Å²) in [7, 11) is 0. The van der Waals surface area contributed by atoms with E-state index in [1.165, 1.54) is 5.69 Å². The van der Waals surface area contributed by atoms with Gasteiger partial charge in [0.15, 0.2) is 0 Å². The standard InChI is InChI=1S/C9H15N3/c1-9(2)6(3-10)8(9)7-4-11-5-12-7/h4-6,8H,3,10H2,1-2H3,(H,11,12). The van der Waals surface area contributed by atoms with E-state index in [-0.39, 0.29) is 0 Å². The van der Waals surface area contributed by atoms with Crippen molar-refractivity contribution in [2.24, 2.45) is 17.1 Å². The summed E-state index contributed by atoms with van der Waals surface area (Å²) in [5, 5.41) is 0. The van der Waals surface area contributed by atoms with Crippen LogP contribution >= 0.6 is 0 Å². The van der Waals surface area contributed by atoms with Crippen molar-refractivity contribution < 1.29 is 0 Å². The van der Waals surface area contributed by atoms with Gasteiger partial charge in [0, 0.05) is 17.8 Å². The van der Waals surface area contributed by atoms with Gasteiger partial charge in [-0.1, -0.05) is 13.8 Å². The maximum atomic E-state index is 5.67. The van der Waals surface area contributed by atoms with Gasteiger partial charge in [0.25, 0.3) is 0 Å². The molecular formula is C9H15N3. The third-order valence-corrected chi connectivity index (χ3v) is 3.16. The predicted octanol–water partition coefficient (Wildman–Crippen LogP) is 1.11. The van der Waals surface area contributed by atoms with Crippen LogP contribution in [0.4, 0.5) is 0 Å². The molecule has 0 aromatic carbocycles. The fourth-order valence-electron chi connectivity index (χ4n) is 2.24. The number of nitrogens with one attached hydrogen (secondary N) is 1. The minimum atomic E-state index is 0.362. The fourth-order valence-corrected chi connectivity index (χ4v) is 2.24. The number of rotatable bonds is 2. The summed E-state index contributed by atoms with van der Waals surface area (Å²) < 4.78 is 0. The number of hydrogen-bond donors (Lipinski definition) is 2. The van der Waals surface area contributed by atoms with Crippen molar-refractivity contribution in [3.8, 4) is 0 Å². The molecule has 66 valence electrons. The monoisotopic (exact) mass is 165 g/mol. The summed E-state index contributed by atoms with van der Waals surface area (Å²) in [5.74, 6) is 1.21. The second-order valence-electron chi connectivity index (χ2n) is 4.15. The first kappa shape index (κ1) is 7.80. The van der Waals surface area contributed by atoms with Gasteiger partial charge in [-0.05, 0) is 17.9 Å². The summed E-state index contributed by atoms with van der Waals surface area (Å²) in [6, 6.07) is 0. The first-order valence-corrected chi connectivity index (χ1v) is 4.36. The zero-order valence-corrected chi connectivity index (χ0v) is 7.54. The Morgan fingerprint density at radius 2 is 2.42 bits per heavy atom. The fraction of sp³-hybridized carbons (Fsp3) is 0.667. The number of nitrogens with zero attached hydrogens (tertiary/aromatic N) is 1. The molecule has 1 heterocycles. The molecule has 1 aromatic rings. The quantitative estimate of drug-likeness (QED) is 0.689. The molecule has 0 saturated heterocycles. The lowest BCUT2D eigenvalue weighted by molar-refractivity contribution is 0.557. The first-order chi connectivity index (χ1) is 5.68. The second kappa shape index (κ2) is 2.33. The van der Waals surface area contributed by atoms with Gasteiger partial charge >= 0.3 is 0 Å². The van der Waals surface area contributed by atoms with E-state index in [1.54, 1.807) is 6.33 Å². The summed E-state index contributed by atoms with van der Waals surface area (Å²) in [5.41, 5.74) is 7.27. The third kappa shape index (κ3) is 0.894. The number of nitrogens with two attached hydrogens (primary N) is 1. The van der Waals surface area contributed by atoms with Crippen LogP contribution in [0, 0.1) is 11.3 Å². The largest absolute Gasteiger partial charge is 0.348 e. The van der Waals surface area contributed by atoms with Crippen LogP contribution in [0.5, 0.6) is 0 Å². The Morgan fingerprint density at radius 3 is 2.83 bits per heavy atom. The van der Waals surface area contributed by atoms with Crippen LogP contribution in [0.1, 0.15) is 25.5 Å². The number of hydrogen-bond acceptors (Lipinski definition) is 2. The van der Waals surface area contributed by atoms with E-state index in [0.29, 0.717) is 17.3 Å². The van der Waals surface area contributed by atoms with Crippen molar-refractivity contribution >= 4 is 0 Å². The summed E-state index contributed by atoms with van der Waals surface area (Å²) in [6.07, 6.45) is 3.64. The molecule has 1 aliphatic carbocycles. The zero-order chi connectivity index (χ0) is 8.77. The van der Waals surface area contributed by atoms with Crippen LogP contribution in [0.2, 0.25) is 0 Å². The maximum absolute atomic E-state index is 5.67. The highest BCUT2D eigenvalue weighted by atomic mass is 14.9. The van der Waals surface area contributed by atoms with E-state index >= 15 is 0 Å². The Morgan fingerprint density at radius 1 is 1.67 bits per heavy atom. The molecule has 3 N–H and O–H groups in total. The molecule has 3 nitrogen and oxygen atoms in total. The number of aromatic amines is 1. The Kier molecular flexibility index (Phi) is 1.51. The molecule has 3 heteroatoms. The van der Waals surface area contributed by atoms with Crippen molar-refractivity contribution in [1.29, 1.82) is 0 Å². The highest BCUT2D eigenvalue weighted by molar-refractivity contribution is 5.24.